The Balaban J connectivity index is 2.07. The van der Waals surface area contributed by atoms with Crippen LogP contribution in [0.25, 0.3) is 0 Å². The van der Waals surface area contributed by atoms with E-state index in [4.69, 9.17) is 4.98 Å². The van der Waals surface area contributed by atoms with E-state index >= 15 is 0 Å². The minimum Gasteiger partial charge on any atom is -0.351 e. The lowest BCUT2D eigenvalue weighted by atomic mass is 9.95. The van der Waals surface area contributed by atoms with E-state index in [-0.39, 0.29) is 11.4 Å². The summed E-state index contributed by atoms with van der Waals surface area (Å²) in [6.07, 6.45) is 6.42. The van der Waals surface area contributed by atoms with E-state index in [9.17, 15) is 4.79 Å². The Labute approximate surface area is 138 Å². The van der Waals surface area contributed by atoms with Crippen molar-refractivity contribution < 1.29 is 4.79 Å². The van der Waals surface area contributed by atoms with Crippen molar-refractivity contribution in [1.82, 2.24) is 14.9 Å². The van der Waals surface area contributed by atoms with Gasteiger partial charge in [-0.15, -0.1) is 0 Å². The van der Waals surface area contributed by atoms with Crippen molar-refractivity contribution in [2.75, 3.05) is 5.75 Å². The van der Waals surface area contributed by atoms with Crippen LogP contribution in [0.3, 0.4) is 0 Å². The van der Waals surface area contributed by atoms with E-state index < -0.39 is 0 Å². The zero-order valence-electron chi connectivity index (χ0n) is 14.5. The van der Waals surface area contributed by atoms with Crippen LogP contribution in [0.15, 0.2) is 5.16 Å². The number of rotatable bonds is 4. The third-order valence-corrected chi connectivity index (χ3v) is 5.09. The second-order valence-corrected chi connectivity index (χ2v) is 8.26. The van der Waals surface area contributed by atoms with Crippen molar-refractivity contribution in [3.05, 3.63) is 11.4 Å². The second-order valence-electron chi connectivity index (χ2n) is 7.31. The number of carbonyl (C=O) groups excluding carboxylic acids is 1. The quantitative estimate of drug-likeness (QED) is 0.852. The highest BCUT2D eigenvalue weighted by molar-refractivity contribution is 7.99. The normalized spacial score (nSPS) is 16.8. The van der Waals surface area contributed by atoms with Gasteiger partial charge in [0, 0.05) is 17.3 Å². The van der Waals surface area contributed by atoms with E-state index in [0.29, 0.717) is 11.8 Å². The third-order valence-electron chi connectivity index (χ3n) is 4.14. The van der Waals surface area contributed by atoms with E-state index in [2.05, 4.69) is 23.7 Å². The van der Waals surface area contributed by atoms with Gasteiger partial charge in [0.05, 0.1) is 11.4 Å². The first-order valence-electron chi connectivity index (χ1n) is 8.27. The molecule has 4 nitrogen and oxygen atoms in total. The van der Waals surface area contributed by atoms with Crippen molar-refractivity contribution in [3.63, 3.8) is 0 Å². The molecule has 1 N–H and O–H groups in total. The smallest absolute Gasteiger partial charge is 0.230 e. The summed E-state index contributed by atoms with van der Waals surface area (Å²) in [6.45, 7) is 10.2. The molecule has 1 heterocycles. The number of carbonyl (C=O) groups is 1. The van der Waals surface area contributed by atoms with E-state index in [1.165, 1.54) is 37.8 Å². The molecular formula is C17H29N3OS. The molecular weight excluding hydrogens is 294 g/mol. The molecule has 0 aliphatic heterocycles. The number of amides is 1. The summed E-state index contributed by atoms with van der Waals surface area (Å²) in [5, 5.41) is 4.02. The Hall–Kier alpha value is -0.970. The topological polar surface area (TPSA) is 46.9 Å². The molecule has 5 heteroatoms. The maximum atomic E-state index is 12.0. The molecule has 22 heavy (non-hydrogen) atoms. The number of aromatic nitrogens is 2. The van der Waals surface area contributed by atoms with Gasteiger partial charge in [-0.1, -0.05) is 31.0 Å². The maximum absolute atomic E-state index is 12.0. The van der Waals surface area contributed by atoms with Gasteiger partial charge in [-0.25, -0.2) is 4.98 Å². The summed E-state index contributed by atoms with van der Waals surface area (Å²) in [5.41, 5.74) is 2.16. The van der Waals surface area contributed by atoms with Gasteiger partial charge in [0.1, 0.15) is 0 Å². The molecule has 2 rings (SSSR count). The molecule has 124 valence electrons. The Morgan fingerprint density at radius 3 is 2.50 bits per heavy atom. The Bertz CT molecular complexity index is 525. The van der Waals surface area contributed by atoms with Gasteiger partial charge < -0.3 is 9.88 Å². The Morgan fingerprint density at radius 2 is 1.91 bits per heavy atom. The highest BCUT2D eigenvalue weighted by atomic mass is 32.2. The zero-order chi connectivity index (χ0) is 16.3. The zero-order valence-corrected chi connectivity index (χ0v) is 15.3. The van der Waals surface area contributed by atoms with E-state index in [1.807, 2.05) is 20.8 Å². The predicted octanol–water partition coefficient (Wildman–Crippen LogP) is 4.01. The van der Waals surface area contributed by atoms with Gasteiger partial charge in [-0.2, -0.15) is 0 Å². The Kier molecular flexibility index (Phi) is 5.59. The van der Waals surface area contributed by atoms with Crippen LogP contribution in [0, 0.1) is 13.8 Å². The van der Waals surface area contributed by atoms with Crippen molar-refractivity contribution in [2.45, 2.75) is 83.5 Å². The molecule has 1 aromatic rings. The van der Waals surface area contributed by atoms with Crippen LogP contribution in [-0.4, -0.2) is 26.8 Å². The van der Waals surface area contributed by atoms with Gasteiger partial charge >= 0.3 is 0 Å². The fraction of sp³-hybridized carbons (Fsp3) is 0.765. The largest absolute Gasteiger partial charge is 0.351 e. The lowest BCUT2D eigenvalue weighted by Crippen LogP contribution is -2.41. The second kappa shape index (κ2) is 7.07. The average molecular weight is 324 g/mol. The Morgan fingerprint density at radius 1 is 1.27 bits per heavy atom. The lowest BCUT2D eigenvalue weighted by molar-refractivity contribution is -0.119. The summed E-state index contributed by atoms with van der Waals surface area (Å²) in [5.74, 6) is 0.505. The van der Waals surface area contributed by atoms with Crippen molar-refractivity contribution in [2.24, 2.45) is 0 Å². The van der Waals surface area contributed by atoms with Gasteiger partial charge in [0.15, 0.2) is 5.16 Å². The van der Waals surface area contributed by atoms with E-state index in [0.717, 1.165) is 10.9 Å². The standard InChI is InChI=1S/C17H29N3OS/c1-12-13(2)20(14-9-7-6-8-10-14)16(18-12)22-11-15(21)19-17(3,4)5/h14H,6-11H2,1-5H3,(H,19,21). The lowest BCUT2D eigenvalue weighted by Gasteiger charge is -2.26. The molecule has 0 saturated heterocycles. The van der Waals surface area contributed by atoms with Crippen molar-refractivity contribution in [3.8, 4) is 0 Å². The molecule has 1 fully saturated rings. The molecule has 0 radical (unpaired) electrons. The fourth-order valence-corrected chi connectivity index (χ4v) is 4.01. The van der Waals surface area contributed by atoms with Crippen molar-refractivity contribution in [1.29, 1.82) is 0 Å². The highest BCUT2D eigenvalue weighted by Gasteiger charge is 2.23. The molecule has 1 aliphatic rings. The van der Waals surface area contributed by atoms with Crippen LogP contribution >= 0.6 is 11.8 Å². The molecule has 1 aliphatic carbocycles. The maximum Gasteiger partial charge on any atom is 0.230 e. The molecule has 1 saturated carbocycles. The SMILES string of the molecule is Cc1nc(SCC(=O)NC(C)(C)C)n(C2CCCCC2)c1C. The summed E-state index contributed by atoms with van der Waals surface area (Å²) in [6, 6.07) is 0.558. The van der Waals surface area contributed by atoms with Crippen LogP contribution in [0.5, 0.6) is 0 Å². The number of nitrogens with one attached hydrogen (secondary N) is 1. The number of imidazole rings is 1. The summed E-state index contributed by atoms with van der Waals surface area (Å²) in [4.78, 5) is 16.7. The predicted molar refractivity (Wildman–Crippen MR) is 92.4 cm³/mol. The first kappa shape index (κ1) is 17.4. The van der Waals surface area contributed by atoms with Crippen LogP contribution in [0.1, 0.15) is 70.3 Å². The number of thioether (sulfide) groups is 1. The van der Waals surface area contributed by atoms with Gasteiger partial charge in [-0.05, 0) is 47.5 Å². The molecule has 0 atom stereocenters. The monoisotopic (exact) mass is 323 g/mol. The minimum absolute atomic E-state index is 0.0750. The van der Waals surface area contributed by atoms with Gasteiger partial charge in [-0.3, -0.25) is 4.79 Å². The molecule has 0 unspecified atom stereocenters. The number of hydrogen-bond donors (Lipinski definition) is 1. The van der Waals surface area contributed by atoms with Crippen molar-refractivity contribution >= 4 is 17.7 Å². The number of hydrogen-bond acceptors (Lipinski definition) is 3. The summed E-state index contributed by atoms with van der Waals surface area (Å²) >= 11 is 1.56. The molecule has 1 aromatic heterocycles. The third kappa shape index (κ3) is 4.51. The first-order chi connectivity index (χ1) is 10.3. The summed E-state index contributed by atoms with van der Waals surface area (Å²) in [7, 11) is 0. The molecule has 0 spiro atoms. The minimum atomic E-state index is -0.178. The van der Waals surface area contributed by atoms with Crippen LogP contribution < -0.4 is 5.32 Å². The first-order valence-corrected chi connectivity index (χ1v) is 9.26. The molecule has 0 bridgehead atoms. The van der Waals surface area contributed by atoms with Gasteiger partial charge in [0.25, 0.3) is 0 Å². The van der Waals surface area contributed by atoms with Crippen LogP contribution in [-0.2, 0) is 4.79 Å². The summed E-state index contributed by atoms with van der Waals surface area (Å²) < 4.78 is 2.38. The van der Waals surface area contributed by atoms with Crippen LogP contribution in [0.4, 0.5) is 0 Å². The fourth-order valence-electron chi connectivity index (χ4n) is 3.05. The molecule has 0 aromatic carbocycles. The number of aryl methyl sites for hydroxylation is 1. The number of nitrogens with zero attached hydrogens (tertiary/aromatic N) is 2. The van der Waals surface area contributed by atoms with E-state index in [1.54, 1.807) is 11.8 Å². The molecule has 1 amide bonds. The average Bonchev–Trinajstić information content (AvgIpc) is 2.71. The highest BCUT2D eigenvalue weighted by Crippen LogP contribution is 2.34. The van der Waals surface area contributed by atoms with Gasteiger partial charge in [0.2, 0.25) is 5.91 Å². The van der Waals surface area contributed by atoms with Crippen LogP contribution in [0.2, 0.25) is 0 Å².